The van der Waals surface area contributed by atoms with Crippen molar-refractivity contribution in [2.75, 3.05) is 46.8 Å². The van der Waals surface area contributed by atoms with Gasteiger partial charge in [-0.3, -0.25) is 14.5 Å². The maximum absolute atomic E-state index is 13.2. The van der Waals surface area contributed by atoms with Gasteiger partial charge in [0.25, 0.3) is 0 Å². The Morgan fingerprint density at radius 2 is 1.88 bits per heavy atom. The minimum Gasteiger partial charge on any atom is -0.348 e. The van der Waals surface area contributed by atoms with E-state index < -0.39 is 0 Å². The molecule has 1 fully saturated rings. The summed E-state index contributed by atoms with van der Waals surface area (Å²) in [7, 11) is 3.50. The van der Waals surface area contributed by atoms with Crippen LogP contribution in [0.3, 0.4) is 0 Å². The molecular formula is C19H28FN3O2. The van der Waals surface area contributed by atoms with E-state index in [2.05, 4.69) is 4.90 Å². The van der Waals surface area contributed by atoms with Crippen molar-refractivity contribution in [3.63, 3.8) is 0 Å². The zero-order chi connectivity index (χ0) is 18.4. The highest BCUT2D eigenvalue weighted by atomic mass is 19.1. The van der Waals surface area contributed by atoms with Gasteiger partial charge in [0.15, 0.2) is 0 Å². The van der Waals surface area contributed by atoms with Crippen molar-refractivity contribution < 1.29 is 14.0 Å². The Morgan fingerprint density at radius 1 is 1.20 bits per heavy atom. The van der Waals surface area contributed by atoms with E-state index >= 15 is 0 Å². The van der Waals surface area contributed by atoms with Crippen LogP contribution in [0.4, 0.5) is 4.39 Å². The summed E-state index contributed by atoms with van der Waals surface area (Å²) in [5.41, 5.74) is 0.923. The van der Waals surface area contributed by atoms with Crippen molar-refractivity contribution >= 4 is 11.8 Å². The Morgan fingerprint density at radius 3 is 2.48 bits per heavy atom. The van der Waals surface area contributed by atoms with Gasteiger partial charge >= 0.3 is 0 Å². The number of benzene rings is 1. The predicted molar refractivity (Wildman–Crippen MR) is 95.6 cm³/mol. The fraction of sp³-hybridized carbons (Fsp3) is 0.579. The lowest BCUT2D eigenvalue weighted by atomic mass is 9.97. The van der Waals surface area contributed by atoms with Gasteiger partial charge in [-0.25, -0.2) is 4.39 Å². The number of carbonyl (C=O) groups excluding carboxylic acids is 2. The van der Waals surface area contributed by atoms with E-state index in [9.17, 15) is 14.0 Å². The van der Waals surface area contributed by atoms with Crippen LogP contribution < -0.4 is 0 Å². The van der Waals surface area contributed by atoms with Crippen molar-refractivity contribution in [2.24, 2.45) is 5.92 Å². The van der Waals surface area contributed by atoms with Crippen molar-refractivity contribution in [3.05, 3.63) is 35.6 Å². The van der Waals surface area contributed by atoms with Gasteiger partial charge in [0.05, 0.1) is 6.54 Å². The summed E-state index contributed by atoms with van der Waals surface area (Å²) in [6.45, 7) is 5.20. The monoisotopic (exact) mass is 349 g/mol. The summed E-state index contributed by atoms with van der Waals surface area (Å²) in [5.74, 6) is 0.160. The number of halogens is 1. The second-order valence-corrected chi connectivity index (χ2v) is 7.09. The first-order chi connectivity index (χ1) is 11.8. The third-order valence-electron chi connectivity index (χ3n) is 4.58. The molecule has 138 valence electrons. The number of hydrogen-bond donors (Lipinski definition) is 0. The topological polar surface area (TPSA) is 43.9 Å². The van der Waals surface area contributed by atoms with Gasteiger partial charge < -0.3 is 9.80 Å². The zero-order valence-corrected chi connectivity index (χ0v) is 15.4. The average molecular weight is 349 g/mol. The first-order valence-electron chi connectivity index (χ1n) is 8.80. The minimum atomic E-state index is -0.237. The lowest BCUT2D eigenvalue weighted by Crippen LogP contribution is -2.51. The summed E-state index contributed by atoms with van der Waals surface area (Å²) >= 11 is 0. The molecule has 2 amide bonds. The van der Waals surface area contributed by atoms with Gasteiger partial charge in [0.1, 0.15) is 5.82 Å². The van der Waals surface area contributed by atoms with Gasteiger partial charge in [0.2, 0.25) is 11.8 Å². The van der Waals surface area contributed by atoms with Gasteiger partial charge in [-0.05, 0) is 30.0 Å². The number of likely N-dealkylation sites (N-methyl/N-ethyl adjacent to an activating group) is 1. The Hall–Kier alpha value is -1.95. The number of hydrogen-bond acceptors (Lipinski definition) is 3. The number of nitrogens with zero attached hydrogens (tertiary/aromatic N) is 3. The molecule has 1 unspecified atom stereocenters. The molecule has 1 aromatic carbocycles. The van der Waals surface area contributed by atoms with Gasteiger partial charge in [-0.1, -0.05) is 19.1 Å². The molecule has 0 saturated carbocycles. The molecule has 0 N–H and O–H groups in total. The first-order valence-corrected chi connectivity index (χ1v) is 8.80. The largest absolute Gasteiger partial charge is 0.348 e. The van der Waals surface area contributed by atoms with Crippen LogP contribution in [0.1, 0.15) is 18.9 Å². The van der Waals surface area contributed by atoms with E-state index in [0.717, 1.165) is 18.7 Å². The molecule has 1 atom stereocenters. The molecule has 1 heterocycles. The SMILES string of the molecule is CC(CC(=O)N1CCN(CC(=O)N(C)C)CC1)Cc1cccc(F)c1. The van der Waals surface area contributed by atoms with Crippen LogP contribution in [0, 0.1) is 11.7 Å². The highest BCUT2D eigenvalue weighted by Gasteiger charge is 2.23. The van der Waals surface area contributed by atoms with Crippen molar-refractivity contribution in [1.29, 1.82) is 0 Å². The van der Waals surface area contributed by atoms with E-state index in [0.29, 0.717) is 32.5 Å². The Bertz CT molecular complexity index is 598. The smallest absolute Gasteiger partial charge is 0.236 e. The van der Waals surface area contributed by atoms with Crippen molar-refractivity contribution in [3.8, 4) is 0 Å². The Kier molecular flexibility index (Phi) is 6.93. The molecule has 1 aliphatic rings. The molecule has 2 rings (SSSR count). The molecule has 1 aromatic rings. The maximum atomic E-state index is 13.2. The molecular weight excluding hydrogens is 321 g/mol. The molecule has 5 nitrogen and oxygen atoms in total. The highest BCUT2D eigenvalue weighted by molar-refractivity contribution is 5.78. The first kappa shape index (κ1) is 19.4. The molecule has 6 heteroatoms. The van der Waals surface area contributed by atoms with Crippen LogP contribution in [0.5, 0.6) is 0 Å². The van der Waals surface area contributed by atoms with E-state index in [1.54, 1.807) is 25.1 Å². The lowest BCUT2D eigenvalue weighted by Gasteiger charge is -2.35. The van der Waals surface area contributed by atoms with Crippen LogP contribution in [0.2, 0.25) is 0 Å². The highest BCUT2D eigenvalue weighted by Crippen LogP contribution is 2.15. The van der Waals surface area contributed by atoms with Crippen molar-refractivity contribution in [1.82, 2.24) is 14.7 Å². The van der Waals surface area contributed by atoms with Crippen LogP contribution in [-0.4, -0.2) is 73.3 Å². The van der Waals surface area contributed by atoms with Crippen LogP contribution >= 0.6 is 0 Å². The van der Waals surface area contributed by atoms with E-state index in [-0.39, 0.29) is 23.5 Å². The molecule has 0 aliphatic carbocycles. The maximum Gasteiger partial charge on any atom is 0.236 e. The minimum absolute atomic E-state index is 0.0866. The number of rotatable bonds is 6. The summed E-state index contributed by atoms with van der Waals surface area (Å²) < 4.78 is 13.2. The Labute approximate surface area is 149 Å². The van der Waals surface area contributed by atoms with Crippen molar-refractivity contribution in [2.45, 2.75) is 19.8 Å². The fourth-order valence-electron chi connectivity index (χ4n) is 3.05. The molecule has 0 bridgehead atoms. The average Bonchev–Trinajstić information content (AvgIpc) is 2.55. The van der Waals surface area contributed by atoms with Gasteiger partial charge in [-0.2, -0.15) is 0 Å². The van der Waals surface area contributed by atoms with E-state index in [4.69, 9.17) is 0 Å². The standard InChI is InChI=1S/C19H28FN3O2/c1-15(11-16-5-4-6-17(20)13-16)12-18(24)23-9-7-22(8-10-23)14-19(25)21(2)3/h4-6,13,15H,7-12,14H2,1-3H3. The van der Waals surface area contributed by atoms with E-state index in [1.807, 2.05) is 17.9 Å². The molecule has 1 aliphatic heterocycles. The second-order valence-electron chi connectivity index (χ2n) is 7.09. The van der Waals surface area contributed by atoms with Gasteiger partial charge in [0, 0.05) is 46.7 Å². The summed E-state index contributed by atoms with van der Waals surface area (Å²) in [5, 5.41) is 0. The number of piperazine rings is 1. The quantitative estimate of drug-likeness (QED) is 0.784. The molecule has 0 radical (unpaired) electrons. The summed E-state index contributed by atoms with van der Waals surface area (Å²) in [6.07, 6.45) is 1.16. The number of amides is 2. The second kappa shape index (κ2) is 8.94. The van der Waals surface area contributed by atoms with Crippen LogP contribution in [0.15, 0.2) is 24.3 Å². The summed E-state index contributed by atoms with van der Waals surface area (Å²) in [4.78, 5) is 29.8. The van der Waals surface area contributed by atoms with Gasteiger partial charge in [-0.15, -0.1) is 0 Å². The zero-order valence-electron chi connectivity index (χ0n) is 15.4. The normalized spacial score (nSPS) is 16.6. The molecule has 0 aromatic heterocycles. The van der Waals surface area contributed by atoms with Crippen LogP contribution in [0.25, 0.3) is 0 Å². The lowest BCUT2D eigenvalue weighted by molar-refractivity contribution is -0.134. The number of carbonyl (C=O) groups is 2. The summed E-state index contributed by atoms with van der Waals surface area (Å²) in [6, 6.07) is 6.55. The molecule has 0 spiro atoms. The van der Waals surface area contributed by atoms with Crippen LogP contribution in [-0.2, 0) is 16.0 Å². The third-order valence-corrected chi connectivity index (χ3v) is 4.58. The van der Waals surface area contributed by atoms with E-state index in [1.165, 1.54) is 12.1 Å². The predicted octanol–water partition coefficient (Wildman–Crippen LogP) is 1.63. The molecule has 1 saturated heterocycles. The Balaban J connectivity index is 1.75. The fourth-order valence-corrected chi connectivity index (χ4v) is 3.05. The third kappa shape index (κ3) is 6.12. The molecule has 25 heavy (non-hydrogen) atoms.